The number of hydrogen-bond acceptors (Lipinski definition) is 8. The molecule has 2 atom stereocenters. The van der Waals surface area contributed by atoms with E-state index in [4.69, 9.17) is 4.74 Å². The van der Waals surface area contributed by atoms with E-state index in [2.05, 4.69) is 20.9 Å². The van der Waals surface area contributed by atoms with E-state index in [1.807, 2.05) is 5.32 Å². The van der Waals surface area contributed by atoms with Gasteiger partial charge in [-0.1, -0.05) is 11.8 Å². The molecule has 0 bridgehead atoms. The van der Waals surface area contributed by atoms with Gasteiger partial charge in [-0.25, -0.2) is 19.4 Å². The van der Waals surface area contributed by atoms with Crippen LogP contribution in [0.1, 0.15) is 24.2 Å². The normalized spacial score (nSPS) is 12.1. The van der Waals surface area contributed by atoms with Crippen molar-refractivity contribution in [3.8, 4) is 0 Å². The van der Waals surface area contributed by atoms with Crippen molar-refractivity contribution in [2.45, 2.75) is 30.2 Å². The second-order valence-electron chi connectivity index (χ2n) is 5.30. The Balaban J connectivity index is 2.83. The van der Waals surface area contributed by atoms with Crippen LogP contribution in [0.15, 0.2) is 23.4 Å². The van der Waals surface area contributed by atoms with E-state index in [1.54, 1.807) is 0 Å². The molecule has 152 valence electrons. The predicted octanol–water partition coefficient (Wildman–Crippen LogP) is 0.0187. The maximum Gasteiger partial charge on any atom is 0.341 e. The third kappa shape index (κ3) is 6.87. The molecule has 11 nitrogen and oxygen atoms in total. The molecule has 0 spiro atoms. The van der Waals surface area contributed by atoms with E-state index in [0.717, 1.165) is 11.8 Å². The average Bonchev–Trinajstić information content (AvgIpc) is 2.67. The summed E-state index contributed by atoms with van der Waals surface area (Å²) < 4.78 is 5.06. The van der Waals surface area contributed by atoms with Crippen molar-refractivity contribution in [3.63, 3.8) is 0 Å². The number of nitrogens with one attached hydrogen (secondary N) is 4. The van der Waals surface area contributed by atoms with Crippen LogP contribution in [0.3, 0.4) is 0 Å². The molecule has 0 aliphatic carbocycles. The summed E-state index contributed by atoms with van der Waals surface area (Å²) in [5.41, 5.74) is 0.0340. The van der Waals surface area contributed by atoms with Crippen LogP contribution < -0.4 is 21.3 Å². The number of nitrogens with zero attached hydrogens (tertiary/aromatic N) is 1. The molecule has 1 heterocycles. The molecule has 1 aromatic rings. The van der Waals surface area contributed by atoms with Gasteiger partial charge >= 0.3 is 18.0 Å². The Labute approximate surface area is 165 Å². The SMILES string of the molecule is CNC(=O)NC(=O)[C@H](C)OC(=O)c1cccnc1S[C@@H](C)C(=O)NC(=O)NC. The molecular weight excluding hydrogens is 390 g/mol. The maximum absolute atomic E-state index is 12.4. The van der Waals surface area contributed by atoms with Crippen molar-refractivity contribution >= 4 is 41.6 Å². The van der Waals surface area contributed by atoms with Crippen molar-refractivity contribution in [2.24, 2.45) is 0 Å². The lowest BCUT2D eigenvalue weighted by Crippen LogP contribution is -2.43. The Morgan fingerprint density at radius 1 is 1.00 bits per heavy atom. The largest absolute Gasteiger partial charge is 0.449 e. The number of urea groups is 2. The van der Waals surface area contributed by atoms with E-state index in [0.29, 0.717) is 0 Å². The van der Waals surface area contributed by atoms with Crippen molar-refractivity contribution in [1.82, 2.24) is 26.3 Å². The Kier molecular flexibility index (Phi) is 8.88. The summed E-state index contributed by atoms with van der Waals surface area (Å²) in [7, 11) is 2.70. The molecule has 6 amide bonds. The number of aromatic nitrogens is 1. The zero-order chi connectivity index (χ0) is 21.3. The summed E-state index contributed by atoms with van der Waals surface area (Å²) in [4.78, 5) is 62.6. The quantitative estimate of drug-likeness (QED) is 0.377. The number of carbonyl (C=O) groups is 5. The molecule has 0 aromatic carbocycles. The van der Waals surface area contributed by atoms with Gasteiger partial charge in [0.2, 0.25) is 5.91 Å². The smallest absolute Gasteiger partial charge is 0.341 e. The monoisotopic (exact) mass is 411 g/mol. The summed E-state index contributed by atoms with van der Waals surface area (Å²) in [6.07, 6.45) is 0.182. The first-order chi connectivity index (χ1) is 13.2. The number of carbonyl (C=O) groups excluding carboxylic acids is 5. The van der Waals surface area contributed by atoms with Crippen LogP contribution in [0.4, 0.5) is 9.59 Å². The van der Waals surface area contributed by atoms with Crippen molar-refractivity contribution in [2.75, 3.05) is 14.1 Å². The third-order valence-electron chi connectivity index (χ3n) is 3.23. The first-order valence-corrected chi connectivity index (χ1v) is 8.95. The van der Waals surface area contributed by atoms with Gasteiger partial charge in [0.05, 0.1) is 10.8 Å². The van der Waals surface area contributed by atoms with Crippen LogP contribution in [0.25, 0.3) is 0 Å². The van der Waals surface area contributed by atoms with E-state index in [-0.39, 0.29) is 10.6 Å². The van der Waals surface area contributed by atoms with Gasteiger partial charge in [0, 0.05) is 20.3 Å². The molecule has 1 aromatic heterocycles. The fourth-order valence-corrected chi connectivity index (χ4v) is 2.59. The van der Waals surface area contributed by atoms with Gasteiger partial charge < -0.3 is 15.4 Å². The number of esters is 1. The van der Waals surface area contributed by atoms with Gasteiger partial charge in [-0.3, -0.25) is 20.2 Å². The lowest BCUT2D eigenvalue weighted by molar-refractivity contribution is -0.128. The predicted molar refractivity (Wildman–Crippen MR) is 99.6 cm³/mol. The van der Waals surface area contributed by atoms with Crippen molar-refractivity contribution in [1.29, 1.82) is 0 Å². The number of rotatable bonds is 6. The van der Waals surface area contributed by atoms with Gasteiger partial charge in [-0.05, 0) is 26.0 Å². The number of thioether (sulfide) groups is 1. The molecule has 0 saturated carbocycles. The zero-order valence-electron chi connectivity index (χ0n) is 15.7. The number of ether oxygens (including phenoxy) is 1. The van der Waals surface area contributed by atoms with Crippen LogP contribution in [-0.4, -0.2) is 60.3 Å². The van der Waals surface area contributed by atoms with E-state index < -0.39 is 41.2 Å². The van der Waals surface area contributed by atoms with Crippen LogP contribution in [0.5, 0.6) is 0 Å². The lowest BCUT2D eigenvalue weighted by atomic mass is 10.3. The third-order valence-corrected chi connectivity index (χ3v) is 4.35. The Hall–Kier alpha value is -3.15. The minimum absolute atomic E-state index is 0.0340. The highest BCUT2D eigenvalue weighted by atomic mass is 32.2. The second-order valence-corrected chi connectivity index (χ2v) is 6.63. The highest BCUT2D eigenvalue weighted by molar-refractivity contribution is 8.00. The summed E-state index contributed by atoms with van der Waals surface area (Å²) in [6, 6.07) is 1.52. The van der Waals surface area contributed by atoms with E-state index >= 15 is 0 Å². The first kappa shape index (κ1) is 22.9. The van der Waals surface area contributed by atoms with Gasteiger partial charge in [-0.15, -0.1) is 0 Å². The average molecular weight is 411 g/mol. The summed E-state index contributed by atoms with van der Waals surface area (Å²) in [5, 5.41) is 8.02. The minimum atomic E-state index is -1.24. The summed E-state index contributed by atoms with van der Waals surface area (Å²) >= 11 is 0.940. The molecule has 0 aliphatic rings. The number of amides is 6. The van der Waals surface area contributed by atoms with Gasteiger partial charge in [0.1, 0.15) is 5.03 Å². The standard InChI is InChI=1S/C16H21N5O6S/c1-8(11(22)20-15(25)17-3)27-14(24)10-6-5-7-19-13(10)28-9(2)12(23)21-16(26)18-4/h5-9H,1-4H3,(H2,17,20,22,25)(H2,18,21,23,26)/t8-,9-/m0/s1. The van der Waals surface area contributed by atoms with Gasteiger partial charge in [0.25, 0.3) is 5.91 Å². The molecule has 12 heteroatoms. The topological polar surface area (TPSA) is 156 Å². The summed E-state index contributed by atoms with van der Waals surface area (Å²) in [6.45, 7) is 2.84. The molecule has 0 fully saturated rings. The molecule has 1 rings (SSSR count). The Morgan fingerprint density at radius 2 is 1.57 bits per heavy atom. The van der Waals surface area contributed by atoms with Crippen LogP contribution in [-0.2, 0) is 14.3 Å². The molecule has 28 heavy (non-hydrogen) atoms. The fraction of sp³-hybridized carbons (Fsp3) is 0.375. The van der Waals surface area contributed by atoms with E-state index in [9.17, 15) is 24.0 Å². The highest BCUT2D eigenvalue weighted by Crippen LogP contribution is 2.25. The lowest BCUT2D eigenvalue weighted by Gasteiger charge is -2.15. The van der Waals surface area contributed by atoms with Crippen molar-refractivity contribution < 1.29 is 28.7 Å². The molecule has 0 unspecified atom stereocenters. The zero-order valence-corrected chi connectivity index (χ0v) is 16.5. The summed E-state index contributed by atoms with van der Waals surface area (Å²) in [5.74, 6) is -2.23. The molecule has 0 radical (unpaired) electrons. The van der Waals surface area contributed by atoms with Crippen LogP contribution in [0, 0.1) is 0 Å². The van der Waals surface area contributed by atoms with Crippen molar-refractivity contribution in [3.05, 3.63) is 23.9 Å². The Morgan fingerprint density at radius 3 is 2.14 bits per heavy atom. The molecular formula is C16H21N5O6S. The maximum atomic E-state index is 12.4. The number of hydrogen-bond donors (Lipinski definition) is 4. The van der Waals surface area contributed by atoms with E-state index in [1.165, 1.54) is 46.3 Å². The molecule has 0 saturated heterocycles. The van der Waals surface area contributed by atoms with Crippen LogP contribution in [0.2, 0.25) is 0 Å². The van der Waals surface area contributed by atoms with Gasteiger partial charge in [0.15, 0.2) is 6.10 Å². The van der Waals surface area contributed by atoms with Gasteiger partial charge in [-0.2, -0.15) is 0 Å². The molecule has 0 aliphatic heterocycles. The highest BCUT2D eigenvalue weighted by Gasteiger charge is 2.25. The Bertz CT molecular complexity index is 772. The number of imide groups is 2. The first-order valence-electron chi connectivity index (χ1n) is 8.07. The second kappa shape index (κ2) is 10.9. The molecule has 4 N–H and O–H groups in total. The fourth-order valence-electron chi connectivity index (χ4n) is 1.69. The minimum Gasteiger partial charge on any atom is -0.449 e. The number of pyridine rings is 1. The van der Waals surface area contributed by atoms with Crippen LogP contribution >= 0.6 is 11.8 Å².